The van der Waals surface area contributed by atoms with Gasteiger partial charge < -0.3 is 4.90 Å². The number of rotatable bonds is 4. The molecule has 0 spiro atoms. The van der Waals surface area contributed by atoms with Crippen LogP contribution in [0.15, 0.2) is 42.5 Å². The van der Waals surface area contributed by atoms with E-state index in [2.05, 4.69) is 6.07 Å². The zero-order chi connectivity index (χ0) is 16.4. The van der Waals surface area contributed by atoms with Gasteiger partial charge in [-0.3, -0.25) is 4.79 Å². The third kappa shape index (κ3) is 2.93. The van der Waals surface area contributed by atoms with E-state index in [0.717, 1.165) is 11.1 Å². The van der Waals surface area contributed by atoms with Gasteiger partial charge in [-0.15, -0.1) is 0 Å². The molecule has 1 unspecified atom stereocenters. The van der Waals surface area contributed by atoms with Crippen LogP contribution < -0.4 is 0 Å². The highest BCUT2D eigenvalue weighted by Crippen LogP contribution is 2.40. The Balaban J connectivity index is 1.95. The van der Waals surface area contributed by atoms with Crippen molar-refractivity contribution < 1.29 is 9.18 Å². The second-order valence-corrected chi connectivity index (χ2v) is 5.88. The number of halogens is 2. The van der Waals surface area contributed by atoms with Crippen LogP contribution in [0.5, 0.6) is 0 Å². The van der Waals surface area contributed by atoms with E-state index in [1.54, 1.807) is 23.1 Å². The van der Waals surface area contributed by atoms with Crippen molar-refractivity contribution in [1.29, 1.82) is 5.26 Å². The highest BCUT2D eigenvalue weighted by atomic mass is 35.5. The number of amides is 1. The molecule has 0 aliphatic carbocycles. The summed E-state index contributed by atoms with van der Waals surface area (Å²) in [6.45, 7) is 0.361. The molecule has 3 nitrogen and oxygen atoms in total. The summed E-state index contributed by atoms with van der Waals surface area (Å²) < 4.78 is 13.1. The fourth-order valence-electron chi connectivity index (χ4n) is 2.98. The summed E-state index contributed by atoms with van der Waals surface area (Å²) in [6.07, 6.45) is 0.903. The molecule has 0 saturated heterocycles. The summed E-state index contributed by atoms with van der Waals surface area (Å²) in [5, 5.41) is 9.31. The summed E-state index contributed by atoms with van der Waals surface area (Å²) in [5.74, 6) is -0.452. The Morgan fingerprint density at radius 3 is 2.65 bits per heavy atom. The van der Waals surface area contributed by atoms with Crippen molar-refractivity contribution in [2.75, 3.05) is 0 Å². The molecule has 2 aromatic carbocycles. The molecule has 5 heteroatoms. The molecule has 1 amide bonds. The van der Waals surface area contributed by atoms with Gasteiger partial charge in [-0.2, -0.15) is 5.26 Å². The first-order valence-electron chi connectivity index (χ1n) is 7.32. The third-order valence-electron chi connectivity index (χ3n) is 4.05. The van der Waals surface area contributed by atoms with E-state index in [1.807, 2.05) is 12.1 Å². The molecule has 23 heavy (non-hydrogen) atoms. The second-order valence-electron chi connectivity index (χ2n) is 5.48. The van der Waals surface area contributed by atoms with E-state index in [-0.39, 0.29) is 17.8 Å². The molecule has 2 aromatic rings. The maximum absolute atomic E-state index is 13.1. The topological polar surface area (TPSA) is 44.1 Å². The van der Waals surface area contributed by atoms with Crippen LogP contribution in [0, 0.1) is 17.1 Å². The summed E-state index contributed by atoms with van der Waals surface area (Å²) in [4.78, 5) is 14.5. The predicted octanol–water partition coefficient (Wildman–Crippen LogP) is 4.48. The van der Waals surface area contributed by atoms with Gasteiger partial charge in [0.25, 0.3) is 5.91 Å². The molecule has 1 aliphatic heterocycles. The third-order valence-corrected chi connectivity index (χ3v) is 4.37. The predicted molar refractivity (Wildman–Crippen MR) is 85.3 cm³/mol. The first kappa shape index (κ1) is 15.5. The molecule has 1 heterocycles. The molecule has 0 saturated carbocycles. The summed E-state index contributed by atoms with van der Waals surface area (Å²) >= 11 is 6.19. The minimum atomic E-state index is -0.311. The van der Waals surface area contributed by atoms with Crippen molar-refractivity contribution in [3.63, 3.8) is 0 Å². The van der Waals surface area contributed by atoms with Crippen LogP contribution in [-0.4, -0.2) is 10.8 Å². The average molecular weight is 329 g/mol. The minimum Gasteiger partial charge on any atom is -0.327 e. The SMILES string of the molecule is N#CCCC1c2cccc(Cl)c2C(=O)N1Cc1ccc(F)cc1. The Hall–Kier alpha value is -2.38. The maximum atomic E-state index is 13.1. The molecule has 0 radical (unpaired) electrons. The first-order chi connectivity index (χ1) is 11.1. The quantitative estimate of drug-likeness (QED) is 0.830. The lowest BCUT2D eigenvalue weighted by molar-refractivity contribution is 0.0703. The highest BCUT2D eigenvalue weighted by Gasteiger charge is 2.37. The number of nitrogens with zero attached hydrogens (tertiary/aromatic N) is 2. The lowest BCUT2D eigenvalue weighted by Gasteiger charge is -2.25. The van der Waals surface area contributed by atoms with E-state index in [0.29, 0.717) is 30.0 Å². The van der Waals surface area contributed by atoms with Crippen LogP contribution in [-0.2, 0) is 6.54 Å². The highest BCUT2D eigenvalue weighted by molar-refractivity contribution is 6.34. The zero-order valence-corrected chi connectivity index (χ0v) is 13.1. The van der Waals surface area contributed by atoms with E-state index < -0.39 is 0 Å². The molecular formula is C18H14ClFN2O. The van der Waals surface area contributed by atoms with Crippen molar-refractivity contribution in [2.24, 2.45) is 0 Å². The second kappa shape index (κ2) is 6.39. The summed E-state index contributed by atoms with van der Waals surface area (Å²) in [6, 6.07) is 13.4. The smallest absolute Gasteiger partial charge is 0.256 e. The Morgan fingerprint density at radius 2 is 1.96 bits per heavy atom. The van der Waals surface area contributed by atoms with Gasteiger partial charge in [0.1, 0.15) is 5.82 Å². The van der Waals surface area contributed by atoms with Crippen LogP contribution in [0.1, 0.15) is 40.4 Å². The minimum absolute atomic E-state index is 0.141. The number of carbonyl (C=O) groups is 1. The van der Waals surface area contributed by atoms with E-state index in [1.165, 1.54) is 12.1 Å². The average Bonchev–Trinajstić information content (AvgIpc) is 2.81. The molecule has 3 rings (SSSR count). The largest absolute Gasteiger partial charge is 0.327 e. The number of nitriles is 1. The van der Waals surface area contributed by atoms with E-state index >= 15 is 0 Å². The van der Waals surface area contributed by atoms with Crippen LogP contribution >= 0.6 is 11.6 Å². The lowest BCUT2D eigenvalue weighted by Crippen LogP contribution is -2.27. The number of carbonyl (C=O) groups excluding carboxylic acids is 1. The van der Waals surface area contributed by atoms with Gasteiger partial charge in [0, 0.05) is 13.0 Å². The van der Waals surface area contributed by atoms with Crippen molar-refractivity contribution >= 4 is 17.5 Å². The summed E-state index contributed by atoms with van der Waals surface area (Å²) in [5.41, 5.74) is 2.21. The van der Waals surface area contributed by atoms with Crippen molar-refractivity contribution in [2.45, 2.75) is 25.4 Å². The Bertz CT molecular complexity index is 783. The van der Waals surface area contributed by atoms with Crippen LogP contribution in [0.2, 0.25) is 5.02 Å². The van der Waals surface area contributed by atoms with Crippen molar-refractivity contribution in [3.8, 4) is 6.07 Å². The molecule has 0 aromatic heterocycles. The van der Waals surface area contributed by atoms with Crippen LogP contribution in [0.25, 0.3) is 0 Å². The van der Waals surface area contributed by atoms with E-state index in [4.69, 9.17) is 16.9 Å². The van der Waals surface area contributed by atoms with Crippen LogP contribution in [0.3, 0.4) is 0 Å². The van der Waals surface area contributed by atoms with Gasteiger partial charge in [-0.05, 0) is 35.7 Å². The lowest BCUT2D eigenvalue weighted by atomic mass is 10.0. The van der Waals surface area contributed by atoms with Gasteiger partial charge in [0.15, 0.2) is 0 Å². The molecule has 1 aliphatic rings. The Morgan fingerprint density at radius 1 is 1.22 bits per heavy atom. The molecule has 1 atom stereocenters. The molecular weight excluding hydrogens is 315 g/mol. The van der Waals surface area contributed by atoms with Gasteiger partial charge in [-0.1, -0.05) is 35.9 Å². The Kier molecular flexibility index (Phi) is 4.31. The molecule has 0 bridgehead atoms. The zero-order valence-electron chi connectivity index (χ0n) is 12.3. The fourth-order valence-corrected chi connectivity index (χ4v) is 3.24. The maximum Gasteiger partial charge on any atom is 0.256 e. The van der Waals surface area contributed by atoms with Gasteiger partial charge in [0.05, 0.1) is 22.7 Å². The van der Waals surface area contributed by atoms with Crippen molar-refractivity contribution in [3.05, 3.63) is 70.0 Å². The van der Waals surface area contributed by atoms with Gasteiger partial charge in [-0.25, -0.2) is 4.39 Å². The molecule has 0 fully saturated rings. The van der Waals surface area contributed by atoms with Crippen LogP contribution in [0.4, 0.5) is 4.39 Å². The molecule has 116 valence electrons. The fraction of sp³-hybridized carbons (Fsp3) is 0.222. The van der Waals surface area contributed by atoms with Gasteiger partial charge >= 0.3 is 0 Å². The summed E-state index contributed by atoms with van der Waals surface area (Å²) in [7, 11) is 0. The van der Waals surface area contributed by atoms with E-state index in [9.17, 15) is 9.18 Å². The standard InChI is InChI=1S/C18H14ClFN2O/c19-15-4-1-3-14-16(5-2-10-21)22(18(23)17(14)15)11-12-6-8-13(20)9-7-12/h1,3-4,6-9,16H,2,5,11H2. The number of hydrogen-bond acceptors (Lipinski definition) is 2. The number of benzene rings is 2. The number of fused-ring (bicyclic) bond motifs is 1. The van der Waals surface area contributed by atoms with Crippen molar-refractivity contribution in [1.82, 2.24) is 4.90 Å². The number of hydrogen-bond donors (Lipinski definition) is 0. The normalized spacial score (nSPS) is 16.3. The Labute approximate surface area is 138 Å². The molecule has 0 N–H and O–H groups in total. The first-order valence-corrected chi connectivity index (χ1v) is 7.70. The monoisotopic (exact) mass is 328 g/mol. The van der Waals surface area contributed by atoms with Gasteiger partial charge in [0.2, 0.25) is 0 Å².